The molecule has 1 heterocycles. The molecular weight excluding hydrogens is 400 g/mol. The predicted octanol–water partition coefficient (Wildman–Crippen LogP) is 3.38. The smallest absolute Gasteiger partial charge is 0.348 e. The number of carbonyl (C=O) groups is 1. The summed E-state index contributed by atoms with van der Waals surface area (Å²) in [5.41, 5.74) is 2.64. The first-order valence-electron chi connectivity index (χ1n) is 9.07. The summed E-state index contributed by atoms with van der Waals surface area (Å²) in [5.74, 6) is -0.583. The first-order chi connectivity index (χ1) is 13.2. The van der Waals surface area contributed by atoms with E-state index in [-0.39, 0.29) is 18.3 Å². The van der Waals surface area contributed by atoms with Gasteiger partial charge in [0.05, 0.1) is 19.3 Å². The van der Waals surface area contributed by atoms with Crippen molar-refractivity contribution < 1.29 is 27.2 Å². The molecule has 1 N–H and O–H groups in total. The molecule has 0 radical (unpaired) electrons. The monoisotopic (exact) mass is 426 g/mol. The van der Waals surface area contributed by atoms with E-state index in [0.717, 1.165) is 16.0 Å². The van der Waals surface area contributed by atoms with Gasteiger partial charge in [0.15, 0.2) is 0 Å². The van der Waals surface area contributed by atoms with Gasteiger partial charge in [-0.2, -0.15) is 8.42 Å². The molecule has 0 unspecified atom stereocenters. The molecule has 0 bridgehead atoms. The number of benzene rings is 1. The Kier molecular flexibility index (Phi) is 8.18. The first-order valence-corrected chi connectivity index (χ1v) is 11.5. The average molecular weight is 427 g/mol. The molecule has 0 aliphatic rings. The number of rotatable bonds is 10. The van der Waals surface area contributed by atoms with Gasteiger partial charge in [0.2, 0.25) is 0 Å². The summed E-state index contributed by atoms with van der Waals surface area (Å²) >= 11 is 1.33. The van der Waals surface area contributed by atoms with Crippen LogP contribution in [0.5, 0.6) is 0 Å². The molecule has 0 aliphatic heterocycles. The van der Waals surface area contributed by atoms with Crippen LogP contribution < -0.4 is 0 Å². The molecule has 0 fully saturated rings. The van der Waals surface area contributed by atoms with Gasteiger partial charge in [-0.3, -0.25) is 4.18 Å². The molecule has 8 heteroatoms. The third-order valence-corrected chi connectivity index (χ3v) is 6.56. The second kappa shape index (κ2) is 10.2. The van der Waals surface area contributed by atoms with Crippen LogP contribution in [0.15, 0.2) is 30.3 Å². The van der Waals surface area contributed by atoms with Crippen molar-refractivity contribution in [2.24, 2.45) is 0 Å². The molecule has 0 amide bonds. The highest BCUT2D eigenvalue weighted by Gasteiger charge is 2.17. The molecule has 0 saturated heterocycles. The standard InChI is InChI=1S/C20H26O6S2/c1-4-25-20(22)19-11-15(3)18(27-19)10-9-17(21)12-26-28(23,24)13-16-7-5-14(2)6-8-16/h5-8,11,17,21H,4,9-10,12-13H2,1-3H3/t17-/m0/s1. The predicted molar refractivity (Wildman–Crippen MR) is 109 cm³/mol. The molecule has 1 atom stereocenters. The van der Waals surface area contributed by atoms with Gasteiger partial charge in [-0.25, -0.2) is 4.79 Å². The van der Waals surface area contributed by atoms with Crippen LogP contribution in [-0.4, -0.2) is 38.8 Å². The lowest BCUT2D eigenvalue weighted by molar-refractivity contribution is 0.0532. The summed E-state index contributed by atoms with van der Waals surface area (Å²) < 4.78 is 34.1. The Balaban J connectivity index is 1.83. The van der Waals surface area contributed by atoms with Crippen LogP contribution in [0, 0.1) is 13.8 Å². The molecule has 0 aliphatic carbocycles. The lowest BCUT2D eigenvalue weighted by atomic mass is 10.1. The van der Waals surface area contributed by atoms with Crippen LogP contribution in [-0.2, 0) is 31.2 Å². The van der Waals surface area contributed by atoms with Crippen molar-refractivity contribution >= 4 is 27.4 Å². The van der Waals surface area contributed by atoms with E-state index in [1.165, 1.54) is 11.3 Å². The fraction of sp³-hybridized carbons (Fsp3) is 0.450. The van der Waals surface area contributed by atoms with Crippen molar-refractivity contribution in [1.29, 1.82) is 0 Å². The lowest BCUT2D eigenvalue weighted by Gasteiger charge is -2.11. The van der Waals surface area contributed by atoms with Gasteiger partial charge in [-0.05, 0) is 50.8 Å². The van der Waals surface area contributed by atoms with Crippen LogP contribution in [0.2, 0.25) is 0 Å². The highest BCUT2D eigenvalue weighted by Crippen LogP contribution is 2.24. The van der Waals surface area contributed by atoms with Crippen LogP contribution in [0.1, 0.15) is 44.6 Å². The van der Waals surface area contributed by atoms with Crippen molar-refractivity contribution in [2.75, 3.05) is 13.2 Å². The number of carbonyl (C=O) groups excluding carboxylic acids is 1. The molecule has 28 heavy (non-hydrogen) atoms. The number of ether oxygens (including phenoxy) is 1. The number of thiophene rings is 1. The van der Waals surface area contributed by atoms with Gasteiger partial charge in [-0.15, -0.1) is 11.3 Å². The fourth-order valence-electron chi connectivity index (χ4n) is 2.56. The second-order valence-electron chi connectivity index (χ2n) is 6.60. The third-order valence-electron chi connectivity index (χ3n) is 4.11. The molecule has 0 spiro atoms. The molecule has 1 aromatic heterocycles. The van der Waals surface area contributed by atoms with Crippen LogP contribution in [0.25, 0.3) is 0 Å². The first kappa shape index (κ1) is 22.5. The van der Waals surface area contributed by atoms with Crippen molar-refractivity contribution in [2.45, 2.75) is 45.5 Å². The number of esters is 1. The van der Waals surface area contributed by atoms with Gasteiger partial charge < -0.3 is 9.84 Å². The minimum Gasteiger partial charge on any atom is -0.462 e. The Morgan fingerprint density at radius 3 is 2.54 bits per heavy atom. The van der Waals surface area contributed by atoms with Crippen molar-refractivity contribution in [1.82, 2.24) is 0 Å². The van der Waals surface area contributed by atoms with Gasteiger partial charge in [-0.1, -0.05) is 29.8 Å². The second-order valence-corrected chi connectivity index (χ2v) is 9.38. The van der Waals surface area contributed by atoms with Gasteiger partial charge in [0, 0.05) is 4.88 Å². The maximum absolute atomic E-state index is 12.1. The minimum absolute atomic E-state index is 0.229. The normalized spacial score (nSPS) is 12.7. The topological polar surface area (TPSA) is 89.9 Å². The molecule has 6 nitrogen and oxygen atoms in total. The summed E-state index contributed by atoms with van der Waals surface area (Å²) in [4.78, 5) is 13.3. The number of aryl methyl sites for hydroxylation is 3. The lowest BCUT2D eigenvalue weighted by Crippen LogP contribution is -2.20. The van der Waals surface area contributed by atoms with Crippen LogP contribution in [0.4, 0.5) is 0 Å². The average Bonchev–Trinajstić information content (AvgIpc) is 3.01. The van der Waals surface area contributed by atoms with E-state index >= 15 is 0 Å². The van der Waals surface area contributed by atoms with Crippen LogP contribution in [0.3, 0.4) is 0 Å². The Morgan fingerprint density at radius 1 is 1.21 bits per heavy atom. The highest BCUT2D eigenvalue weighted by molar-refractivity contribution is 7.85. The van der Waals surface area contributed by atoms with E-state index in [0.29, 0.717) is 29.9 Å². The minimum atomic E-state index is -3.77. The summed E-state index contributed by atoms with van der Waals surface area (Å²) in [7, 11) is -3.77. The largest absolute Gasteiger partial charge is 0.462 e. The zero-order valence-electron chi connectivity index (χ0n) is 16.3. The number of aliphatic hydroxyl groups excluding tert-OH is 1. The van der Waals surface area contributed by atoms with Gasteiger partial charge in [0.25, 0.3) is 10.1 Å². The maximum atomic E-state index is 12.1. The van der Waals surface area contributed by atoms with E-state index in [4.69, 9.17) is 8.92 Å². The third kappa shape index (κ3) is 7.01. The fourth-order valence-corrected chi connectivity index (χ4v) is 4.70. The summed E-state index contributed by atoms with van der Waals surface area (Å²) in [5, 5.41) is 10.1. The van der Waals surface area contributed by atoms with Crippen molar-refractivity contribution in [3.63, 3.8) is 0 Å². The Labute approximate surface area is 170 Å². The van der Waals surface area contributed by atoms with Gasteiger partial charge >= 0.3 is 5.97 Å². The highest BCUT2D eigenvalue weighted by atomic mass is 32.2. The Hall–Kier alpha value is -1.74. The Bertz CT molecular complexity index is 884. The maximum Gasteiger partial charge on any atom is 0.348 e. The molecule has 1 aromatic carbocycles. The summed E-state index contributed by atoms with van der Waals surface area (Å²) in [6, 6.07) is 8.94. The quantitative estimate of drug-likeness (QED) is 0.463. The molecule has 154 valence electrons. The molecular formula is C20H26O6S2. The Morgan fingerprint density at radius 2 is 1.89 bits per heavy atom. The van der Waals surface area contributed by atoms with Crippen LogP contribution >= 0.6 is 11.3 Å². The molecule has 2 rings (SSSR count). The van der Waals surface area contributed by atoms with E-state index < -0.39 is 16.2 Å². The zero-order valence-corrected chi connectivity index (χ0v) is 17.9. The number of aliphatic hydroxyl groups is 1. The van der Waals surface area contributed by atoms with E-state index in [1.54, 1.807) is 25.1 Å². The summed E-state index contributed by atoms with van der Waals surface area (Å²) in [6.45, 7) is 5.60. The van der Waals surface area contributed by atoms with E-state index in [9.17, 15) is 18.3 Å². The molecule has 2 aromatic rings. The zero-order chi connectivity index (χ0) is 20.7. The van der Waals surface area contributed by atoms with E-state index in [2.05, 4.69) is 0 Å². The SMILES string of the molecule is CCOC(=O)c1cc(C)c(CC[C@H](O)COS(=O)(=O)Cc2ccc(C)cc2)s1. The van der Waals surface area contributed by atoms with Gasteiger partial charge in [0.1, 0.15) is 10.6 Å². The molecule has 0 saturated carbocycles. The van der Waals surface area contributed by atoms with E-state index in [1.807, 2.05) is 26.0 Å². The summed E-state index contributed by atoms with van der Waals surface area (Å²) in [6.07, 6.45) is -0.0531. The van der Waals surface area contributed by atoms with Crippen molar-refractivity contribution in [3.8, 4) is 0 Å². The number of hydrogen-bond donors (Lipinski definition) is 1. The number of hydrogen-bond acceptors (Lipinski definition) is 7. The van der Waals surface area contributed by atoms with Crippen molar-refractivity contribution in [3.05, 3.63) is 56.8 Å².